The van der Waals surface area contributed by atoms with E-state index in [-0.39, 0.29) is 0 Å². The zero-order valence-electron chi connectivity index (χ0n) is 13.1. The van der Waals surface area contributed by atoms with Gasteiger partial charge in [0.2, 0.25) is 0 Å². The minimum absolute atomic E-state index is 0.505. The largest absolute Gasteiger partial charge is 0.492 e. The van der Waals surface area contributed by atoms with Crippen molar-refractivity contribution in [1.29, 1.82) is 0 Å². The van der Waals surface area contributed by atoms with Gasteiger partial charge >= 0.3 is 0 Å². The van der Waals surface area contributed by atoms with Crippen molar-refractivity contribution in [2.75, 3.05) is 29.5 Å². The number of aromatic nitrogens is 2. The summed E-state index contributed by atoms with van der Waals surface area (Å²) < 4.78 is 5.60. The molecule has 0 aliphatic rings. The van der Waals surface area contributed by atoms with Crippen LogP contribution in [0.5, 0.6) is 5.75 Å². The van der Waals surface area contributed by atoms with Crippen LogP contribution in [0.2, 0.25) is 0 Å². The molecule has 6 heteroatoms. The van der Waals surface area contributed by atoms with E-state index >= 15 is 0 Å². The number of nitrogens with zero attached hydrogens (tertiary/aromatic N) is 2. The first-order chi connectivity index (χ1) is 10.8. The van der Waals surface area contributed by atoms with Crippen molar-refractivity contribution in [2.24, 2.45) is 0 Å². The molecule has 1 heterocycles. The highest BCUT2D eigenvalue weighted by Crippen LogP contribution is 2.30. The zero-order valence-corrected chi connectivity index (χ0v) is 13.1. The summed E-state index contributed by atoms with van der Waals surface area (Å²) in [6, 6.07) is 7.69. The summed E-state index contributed by atoms with van der Waals surface area (Å²) >= 11 is 0. The molecule has 0 bridgehead atoms. The van der Waals surface area contributed by atoms with Crippen molar-refractivity contribution in [1.82, 2.24) is 9.97 Å². The smallest absolute Gasteiger partial charge is 0.159 e. The molecule has 0 saturated carbocycles. The van der Waals surface area contributed by atoms with Crippen LogP contribution in [0.1, 0.15) is 26.7 Å². The molecular formula is C16H23N5O. The number of nitrogen functional groups attached to an aromatic ring is 1. The van der Waals surface area contributed by atoms with E-state index in [1.807, 2.05) is 31.2 Å². The second-order valence-corrected chi connectivity index (χ2v) is 4.82. The summed E-state index contributed by atoms with van der Waals surface area (Å²) in [5.41, 5.74) is 7.48. The molecule has 0 saturated heterocycles. The molecule has 0 spiro atoms. The van der Waals surface area contributed by atoms with Crippen LogP contribution in [0.3, 0.4) is 0 Å². The van der Waals surface area contributed by atoms with E-state index in [2.05, 4.69) is 27.5 Å². The number of nitrogens with two attached hydrogens (primary N) is 1. The molecule has 1 aromatic heterocycles. The predicted molar refractivity (Wildman–Crippen MR) is 90.7 cm³/mol. The van der Waals surface area contributed by atoms with E-state index in [0.717, 1.165) is 30.8 Å². The molecule has 0 radical (unpaired) electrons. The van der Waals surface area contributed by atoms with Gasteiger partial charge in [0, 0.05) is 6.54 Å². The van der Waals surface area contributed by atoms with Gasteiger partial charge in [-0.25, -0.2) is 9.97 Å². The Morgan fingerprint density at radius 1 is 1.14 bits per heavy atom. The van der Waals surface area contributed by atoms with Crippen molar-refractivity contribution in [2.45, 2.75) is 26.7 Å². The lowest BCUT2D eigenvalue weighted by molar-refractivity contribution is 0.342. The fourth-order valence-electron chi connectivity index (χ4n) is 2.00. The van der Waals surface area contributed by atoms with Crippen LogP contribution in [-0.2, 0) is 0 Å². The number of hydrogen-bond acceptors (Lipinski definition) is 6. The second-order valence-electron chi connectivity index (χ2n) is 4.82. The van der Waals surface area contributed by atoms with Crippen LogP contribution < -0.4 is 21.1 Å². The molecule has 2 aromatic rings. The maximum Gasteiger partial charge on any atom is 0.159 e. The van der Waals surface area contributed by atoms with Crippen LogP contribution in [0.25, 0.3) is 0 Å². The highest BCUT2D eigenvalue weighted by atomic mass is 16.5. The standard InChI is InChI=1S/C16H23N5O/c1-3-5-10-18-15-14(17)16(20-11-19-15)21-12-8-6-7-9-13(12)22-4-2/h6-9,11H,3-5,10,17H2,1-2H3,(H2,18,19,20,21). The van der Waals surface area contributed by atoms with Gasteiger partial charge in [-0.3, -0.25) is 0 Å². The highest BCUT2D eigenvalue weighted by molar-refractivity contribution is 5.79. The highest BCUT2D eigenvalue weighted by Gasteiger charge is 2.10. The Hall–Kier alpha value is -2.50. The Labute approximate surface area is 131 Å². The number of nitrogens with one attached hydrogen (secondary N) is 2. The van der Waals surface area contributed by atoms with Crippen LogP contribution in [0, 0.1) is 0 Å². The van der Waals surface area contributed by atoms with E-state index in [4.69, 9.17) is 10.5 Å². The van der Waals surface area contributed by atoms with Crippen LogP contribution in [-0.4, -0.2) is 23.1 Å². The fourth-order valence-corrected chi connectivity index (χ4v) is 2.00. The quantitative estimate of drug-likeness (QED) is 0.648. The van der Waals surface area contributed by atoms with Gasteiger partial charge in [-0.15, -0.1) is 0 Å². The first-order valence-corrected chi connectivity index (χ1v) is 7.59. The molecule has 6 nitrogen and oxygen atoms in total. The van der Waals surface area contributed by atoms with Crippen molar-refractivity contribution in [3.8, 4) is 5.75 Å². The average Bonchev–Trinajstić information content (AvgIpc) is 2.53. The van der Waals surface area contributed by atoms with Gasteiger partial charge in [0.15, 0.2) is 11.6 Å². The summed E-state index contributed by atoms with van der Waals surface area (Å²) in [7, 11) is 0. The maximum atomic E-state index is 6.15. The van der Waals surface area contributed by atoms with Gasteiger partial charge in [-0.1, -0.05) is 25.5 Å². The van der Waals surface area contributed by atoms with Crippen LogP contribution >= 0.6 is 0 Å². The van der Waals surface area contributed by atoms with Crippen LogP contribution in [0.15, 0.2) is 30.6 Å². The summed E-state index contributed by atoms with van der Waals surface area (Å²) in [6.07, 6.45) is 3.68. The lowest BCUT2D eigenvalue weighted by Crippen LogP contribution is -2.09. The molecular weight excluding hydrogens is 278 g/mol. The molecule has 0 unspecified atom stereocenters. The average molecular weight is 301 g/mol. The number of ether oxygens (including phenoxy) is 1. The topological polar surface area (TPSA) is 85.1 Å². The molecule has 4 N–H and O–H groups in total. The monoisotopic (exact) mass is 301 g/mol. The Morgan fingerprint density at radius 3 is 2.68 bits per heavy atom. The Morgan fingerprint density at radius 2 is 1.91 bits per heavy atom. The molecule has 0 fully saturated rings. The molecule has 2 rings (SSSR count). The SMILES string of the molecule is CCCCNc1ncnc(Nc2ccccc2OCC)c1N. The van der Waals surface area contributed by atoms with Crippen LogP contribution in [0.4, 0.5) is 23.0 Å². The van der Waals surface area contributed by atoms with E-state index in [0.29, 0.717) is 23.9 Å². The minimum atomic E-state index is 0.505. The molecule has 0 aliphatic heterocycles. The summed E-state index contributed by atoms with van der Waals surface area (Å²) in [6.45, 7) is 5.53. The van der Waals surface area contributed by atoms with Gasteiger partial charge in [0.1, 0.15) is 17.8 Å². The number of unbranched alkanes of at least 4 members (excludes halogenated alkanes) is 1. The zero-order chi connectivity index (χ0) is 15.8. The van der Waals surface area contributed by atoms with E-state index in [1.54, 1.807) is 0 Å². The maximum absolute atomic E-state index is 6.15. The normalized spacial score (nSPS) is 10.3. The van der Waals surface area contributed by atoms with E-state index < -0.39 is 0 Å². The predicted octanol–water partition coefficient (Wildman–Crippen LogP) is 3.41. The number of rotatable bonds is 8. The lowest BCUT2D eigenvalue weighted by Gasteiger charge is -2.14. The van der Waals surface area contributed by atoms with Gasteiger partial charge in [0.25, 0.3) is 0 Å². The third-order valence-electron chi connectivity index (χ3n) is 3.15. The summed E-state index contributed by atoms with van der Waals surface area (Å²) in [5.74, 6) is 1.99. The Kier molecular flexibility index (Phi) is 5.82. The Balaban J connectivity index is 2.18. The molecule has 0 amide bonds. The van der Waals surface area contributed by atoms with Crippen molar-refractivity contribution >= 4 is 23.0 Å². The first kappa shape index (κ1) is 15.9. The number of hydrogen-bond donors (Lipinski definition) is 3. The third kappa shape index (κ3) is 4.00. The Bertz CT molecular complexity index is 603. The molecule has 0 aliphatic carbocycles. The fraction of sp³-hybridized carbons (Fsp3) is 0.375. The van der Waals surface area contributed by atoms with Crippen molar-refractivity contribution in [3.63, 3.8) is 0 Å². The van der Waals surface area contributed by atoms with Gasteiger partial charge in [-0.05, 0) is 25.5 Å². The number of anilines is 4. The van der Waals surface area contributed by atoms with E-state index in [1.165, 1.54) is 6.33 Å². The van der Waals surface area contributed by atoms with Crippen molar-refractivity contribution < 1.29 is 4.74 Å². The van der Waals surface area contributed by atoms with Gasteiger partial charge in [0.05, 0.1) is 12.3 Å². The third-order valence-corrected chi connectivity index (χ3v) is 3.15. The van der Waals surface area contributed by atoms with Gasteiger partial charge in [-0.2, -0.15) is 0 Å². The minimum Gasteiger partial charge on any atom is -0.492 e. The molecule has 1 aromatic carbocycles. The number of para-hydroxylation sites is 2. The summed E-state index contributed by atoms with van der Waals surface area (Å²) in [4.78, 5) is 8.41. The molecule has 0 atom stereocenters. The van der Waals surface area contributed by atoms with Gasteiger partial charge < -0.3 is 21.1 Å². The molecule has 118 valence electrons. The lowest BCUT2D eigenvalue weighted by atomic mass is 10.3. The first-order valence-electron chi connectivity index (χ1n) is 7.59. The van der Waals surface area contributed by atoms with Crippen molar-refractivity contribution in [3.05, 3.63) is 30.6 Å². The molecule has 22 heavy (non-hydrogen) atoms. The number of benzene rings is 1. The van der Waals surface area contributed by atoms with E-state index in [9.17, 15) is 0 Å². The second kappa shape index (κ2) is 8.07. The summed E-state index contributed by atoms with van der Waals surface area (Å²) in [5, 5.41) is 6.45.